The van der Waals surface area contributed by atoms with Crippen molar-refractivity contribution in [1.82, 2.24) is 21.3 Å². The van der Waals surface area contributed by atoms with Crippen LogP contribution in [0.15, 0.2) is 72.8 Å². The van der Waals surface area contributed by atoms with Gasteiger partial charge in [0.1, 0.15) is 18.7 Å². The van der Waals surface area contributed by atoms with E-state index in [4.69, 9.17) is 15.9 Å². The van der Waals surface area contributed by atoms with Crippen LogP contribution in [0.25, 0.3) is 10.8 Å². The van der Waals surface area contributed by atoms with E-state index in [9.17, 15) is 19.2 Å². The van der Waals surface area contributed by atoms with Gasteiger partial charge in [-0.15, -0.1) is 0 Å². The zero-order valence-electron chi connectivity index (χ0n) is 24.3. The monoisotopic (exact) mass is 589 g/mol. The number of anilines is 1. The van der Waals surface area contributed by atoms with Gasteiger partial charge >= 0.3 is 6.09 Å². The summed E-state index contributed by atoms with van der Waals surface area (Å²) in [5, 5.41) is 22.5. The van der Waals surface area contributed by atoms with Crippen LogP contribution in [0.1, 0.15) is 32.3 Å². The van der Waals surface area contributed by atoms with Crippen molar-refractivity contribution in [2.24, 2.45) is 11.7 Å². The number of hydrogen-bond donors (Lipinski definition) is 7. The molecule has 3 aromatic rings. The summed E-state index contributed by atoms with van der Waals surface area (Å²) in [5.41, 5.74) is 6.71. The first-order valence-corrected chi connectivity index (χ1v) is 14.0. The number of amides is 4. The molecule has 3 rings (SSSR count). The lowest BCUT2D eigenvalue weighted by Crippen LogP contribution is -2.53. The van der Waals surface area contributed by atoms with Crippen LogP contribution in [0.4, 0.5) is 10.5 Å². The van der Waals surface area contributed by atoms with E-state index in [1.807, 2.05) is 66.7 Å². The fourth-order valence-corrected chi connectivity index (χ4v) is 4.24. The first kappa shape index (κ1) is 32.4. The molecular weight excluding hydrogens is 550 g/mol. The molecule has 2 atom stereocenters. The Kier molecular flexibility index (Phi) is 12.3. The van der Waals surface area contributed by atoms with Crippen LogP contribution in [-0.4, -0.2) is 54.9 Å². The molecule has 0 aliphatic heterocycles. The summed E-state index contributed by atoms with van der Waals surface area (Å²) in [4.78, 5) is 51.2. The van der Waals surface area contributed by atoms with Crippen molar-refractivity contribution < 1.29 is 23.9 Å². The summed E-state index contributed by atoms with van der Waals surface area (Å²) in [6.45, 7) is 3.48. The zero-order valence-corrected chi connectivity index (χ0v) is 24.3. The van der Waals surface area contributed by atoms with Gasteiger partial charge in [0.2, 0.25) is 17.7 Å². The van der Waals surface area contributed by atoms with Gasteiger partial charge in [-0.25, -0.2) is 4.79 Å². The summed E-state index contributed by atoms with van der Waals surface area (Å²) in [6.07, 6.45) is -0.0679. The van der Waals surface area contributed by atoms with Gasteiger partial charge in [-0.05, 0) is 47.2 Å². The van der Waals surface area contributed by atoms with Crippen molar-refractivity contribution in [2.75, 3.05) is 18.4 Å². The lowest BCUT2D eigenvalue weighted by molar-refractivity contribution is -0.129. The Hall–Kier alpha value is -5.13. The van der Waals surface area contributed by atoms with E-state index in [-0.39, 0.29) is 24.9 Å². The van der Waals surface area contributed by atoms with Crippen molar-refractivity contribution in [3.05, 3.63) is 78.4 Å². The van der Waals surface area contributed by atoms with Crippen LogP contribution >= 0.6 is 0 Å². The summed E-state index contributed by atoms with van der Waals surface area (Å²) in [6, 6.07) is 20.5. The summed E-state index contributed by atoms with van der Waals surface area (Å²) in [7, 11) is 0. The van der Waals surface area contributed by atoms with Crippen molar-refractivity contribution in [2.45, 2.75) is 45.4 Å². The first-order chi connectivity index (χ1) is 20.6. The molecule has 0 aliphatic carbocycles. The second kappa shape index (κ2) is 16.3. The highest BCUT2D eigenvalue weighted by atomic mass is 16.5. The molecule has 0 bridgehead atoms. The average molecular weight is 590 g/mol. The Balaban J connectivity index is 1.56. The zero-order chi connectivity index (χ0) is 31.2. The number of fused-ring (bicyclic) bond motifs is 1. The third kappa shape index (κ3) is 11.0. The van der Waals surface area contributed by atoms with Crippen LogP contribution in [0.5, 0.6) is 0 Å². The van der Waals surface area contributed by atoms with E-state index in [1.54, 1.807) is 19.9 Å². The second-order valence-electron chi connectivity index (χ2n) is 10.3. The average Bonchev–Trinajstić information content (AvgIpc) is 2.99. The molecule has 0 spiro atoms. The molecule has 0 aliphatic rings. The van der Waals surface area contributed by atoms with Crippen LogP contribution < -0.4 is 32.3 Å². The number of benzene rings is 3. The van der Waals surface area contributed by atoms with E-state index < -0.39 is 42.4 Å². The fraction of sp³-hybridized carbons (Fsp3) is 0.323. The number of ether oxygens (including phenoxy) is 1. The predicted molar refractivity (Wildman–Crippen MR) is 165 cm³/mol. The summed E-state index contributed by atoms with van der Waals surface area (Å²) < 4.78 is 5.22. The van der Waals surface area contributed by atoms with Crippen LogP contribution in [-0.2, 0) is 25.7 Å². The van der Waals surface area contributed by atoms with Gasteiger partial charge < -0.3 is 37.1 Å². The summed E-state index contributed by atoms with van der Waals surface area (Å²) in [5.74, 6) is -2.06. The Bertz CT molecular complexity index is 1410. The van der Waals surface area contributed by atoms with E-state index in [2.05, 4.69) is 26.6 Å². The van der Waals surface area contributed by atoms with E-state index in [0.717, 1.165) is 16.3 Å². The maximum Gasteiger partial charge on any atom is 0.408 e. The SMILES string of the molecule is CC(C)[C@H](NC(=O)OCc1ccccc1)C(=O)NCC(=O)N[C@@H](CCCNC(=N)N)C(=O)Nc1ccc2ccccc2c1. The third-order valence-electron chi connectivity index (χ3n) is 6.51. The molecule has 3 aromatic carbocycles. The Labute approximate surface area is 250 Å². The van der Waals surface area contributed by atoms with Crippen molar-refractivity contribution >= 4 is 46.2 Å². The lowest BCUT2D eigenvalue weighted by atomic mass is 10.0. The number of rotatable bonds is 14. The molecule has 12 nitrogen and oxygen atoms in total. The quantitative estimate of drug-likeness (QED) is 0.0855. The Morgan fingerprint density at radius 2 is 1.56 bits per heavy atom. The van der Waals surface area contributed by atoms with Gasteiger partial charge in [-0.2, -0.15) is 0 Å². The maximum atomic E-state index is 13.2. The molecule has 0 unspecified atom stereocenters. The molecule has 0 saturated heterocycles. The highest BCUT2D eigenvalue weighted by Gasteiger charge is 2.26. The molecule has 228 valence electrons. The molecule has 0 heterocycles. The normalized spacial score (nSPS) is 12.1. The van der Waals surface area contributed by atoms with Crippen LogP contribution in [0.3, 0.4) is 0 Å². The molecule has 0 saturated carbocycles. The van der Waals surface area contributed by atoms with Crippen molar-refractivity contribution in [3.8, 4) is 0 Å². The highest BCUT2D eigenvalue weighted by molar-refractivity contribution is 5.99. The third-order valence-corrected chi connectivity index (χ3v) is 6.51. The number of hydrogen-bond acceptors (Lipinski definition) is 6. The van der Waals surface area contributed by atoms with E-state index in [1.165, 1.54) is 0 Å². The summed E-state index contributed by atoms with van der Waals surface area (Å²) >= 11 is 0. The number of guanidine groups is 1. The number of alkyl carbamates (subject to hydrolysis) is 1. The highest BCUT2D eigenvalue weighted by Crippen LogP contribution is 2.19. The molecule has 43 heavy (non-hydrogen) atoms. The second-order valence-corrected chi connectivity index (χ2v) is 10.3. The predicted octanol–water partition coefficient (Wildman–Crippen LogP) is 2.59. The molecule has 0 aromatic heterocycles. The number of carbonyl (C=O) groups excluding carboxylic acids is 4. The van der Waals surface area contributed by atoms with E-state index in [0.29, 0.717) is 18.7 Å². The van der Waals surface area contributed by atoms with Gasteiger partial charge in [0.25, 0.3) is 0 Å². The fourth-order valence-electron chi connectivity index (χ4n) is 4.24. The number of nitrogens with two attached hydrogens (primary N) is 1. The smallest absolute Gasteiger partial charge is 0.408 e. The van der Waals surface area contributed by atoms with Gasteiger partial charge in [-0.1, -0.05) is 74.5 Å². The Morgan fingerprint density at radius 1 is 0.860 bits per heavy atom. The number of carbonyl (C=O) groups is 4. The minimum atomic E-state index is -0.944. The molecule has 8 N–H and O–H groups in total. The van der Waals surface area contributed by atoms with E-state index >= 15 is 0 Å². The molecular formula is C31H39N7O5. The molecule has 0 fully saturated rings. The first-order valence-electron chi connectivity index (χ1n) is 14.0. The van der Waals surface area contributed by atoms with Gasteiger partial charge in [-0.3, -0.25) is 19.8 Å². The van der Waals surface area contributed by atoms with Crippen molar-refractivity contribution in [1.29, 1.82) is 5.41 Å². The maximum absolute atomic E-state index is 13.2. The largest absolute Gasteiger partial charge is 0.445 e. The van der Waals surface area contributed by atoms with Crippen LogP contribution in [0, 0.1) is 11.3 Å². The van der Waals surface area contributed by atoms with Crippen LogP contribution in [0.2, 0.25) is 0 Å². The minimum Gasteiger partial charge on any atom is -0.445 e. The van der Waals surface area contributed by atoms with Gasteiger partial charge in [0.05, 0.1) is 6.54 Å². The topological polar surface area (TPSA) is 188 Å². The molecule has 0 radical (unpaired) electrons. The van der Waals surface area contributed by atoms with Gasteiger partial charge in [0, 0.05) is 12.2 Å². The molecule has 12 heteroatoms. The standard InChI is InChI=1S/C31H39N7O5/c1-20(2)27(38-31(42)43-19-21-9-4-3-5-10-21)29(41)35-18-26(39)37-25(13-8-16-34-30(32)33)28(40)36-24-15-14-22-11-6-7-12-23(22)17-24/h3-7,9-12,14-15,17,20,25,27H,8,13,16,18-19H2,1-2H3,(H,35,41)(H,36,40)(H,37,39)(H,38,42)(H4,32,33,34)/t25-,27-/m0/s1. The van der Waals surface area contributed by atoms with Crippen molar-refractivity contribution in [3.63, 3.8) is 0 Å². The van der Waals surface area contributed by atoms with Gasteiger partial charge in [0.15, 0.2) is 5.96 Å². The number of nitrogens with one attached hydrogen (secondary N) is 6. The lowest BCUT2D eigenvalue weighted by Gasteiger charge is -2.22. The Morgan fingerprint density at radius 3 is 2.26 bits per heavy atom. The minimum absolute atomic E-state index is 0.0477. The molecule has 4 amide bonds.